The summed E-state index contributed by atoms with van der Waals surface area (Å²) in [5.74, 6) is -1.49. The standard InChI is InChI=1S/C10H11N3O3/c14-9(13-5-1-2-6-13)8-11-4-3-7(12-8)10(15)16/h3-4H,1-2,5-6H2,(H,15,16). The van der Waals surface area contributed by atoms with E-state index in [0.29, 0.717) is 13.1 Å². The zero-order valence-corrected chi connectivity index (χ0v) is 8.59. The molecule has 1 aromatic heterocycles. The number of hydrogen-bond acceptors (Lipinski definition) is 4. The normalized spacial score (nSPS) is 15.1. The van der Waals surface area contributed by atoms with Crippen LogP contribution in [0.25, 0.3) is 0 Å². The van der Waals surface area contributed by atoms with Gasteiger partial charge >= 0.3 is 5.97 Å². The Morgan fingerprint density at radius 2 is 2.00 bits per heavy atom. The molecule has 0 radical (unpaired) electrons. The molecule has 0 bridgehead atoms. The van der Waals surface area contributed by atoms with Crippen LogP contribution in [0.4, 0.5) is 0 Å². The van der Waals surface area contributed by atoms with Crippen LogP contribution in [0.1, 0.15) is 33.9 Å². The second kappa shape index (κ2) is 4.26. The van der Waals surface area contributed by atoms with E-state index >= 15 is 0 Å². The maximum atomic E-state index is 11.8. The fourth-order valence-electron chi connectivity index (χ4n) is 1.64. The average Bonchev–Trinajstić information content (AvgIpc) is 2.81. The lowest BCUT2D eigenvalue weighted by Crippen LogP contribution is -2.29. The molecule has 2 rings (SSSR count). The van der Waals surface area contributed by atoms with Crippen molar-refractivity contribution in [2.45, 2.75) is 12.8 Å². The largest absolute Gasteiger partial charge is 0.477 e. The highest BCUT2D eigenvalue weighted by Crippen LogP contribution is 2.10. The smallest absolute Gasteiger partial charge is 0.354 e. The molecule has 0 atom stereocenters. The first-order valence-electron chi connectivity index (χ1n) is 5.04. The van der Waals surface area contributed by atoms with Crippen molar-refractivity contribution < 1.29 is 14.7 Å². The molecule has 1 N–H and O–H groups in total. The minimum Gasteiger partial charge on any atom is -0.477 e. The Morgan fingerprint density at radius 1 is 1.31 bits per heavy atom. The number of amides is 1. The van der Waals surface area contributed by atoms with E-state index in [4.69, 9.17) is 5.11 Å². The maximum Gasteiger partial charge on any atom is 0.354 e. The molecule has 1 saturated heterocycles. The van der Waals surface area contributed by atoms with Gasteiger partial charge in [-0.1, -0.05) is 0 Å². The van der Waals surface area contributed by atoms with E-state index in [2.05, 4.69) is 9.97 Å². The molecule has 1 fully saturated rings. The lowest BCUT2D eigenvalue weighted by Gasteiger charge is -2.13. The predicted octanol–water partition coefficient (Wildman–Crippen LogP) is 0.411. The van der Waals surface area contributed by atoms with E-state index < -0.39 is 5.97 Å². The van der Waals surface area contributed by atoms with Crippen molar-refractivity contribution in [2.24, 2.45) is 0 Å². The Labute approximate surface area is 91.9 Å². The van der Waals surface area contributed by atoms with Crippen molar-refractivity contribution in [1.82, 2.24) is 14.9 Å². The lowest BCUT2D eigenvalue weighted by molar-refractivity contribution is 0.0689. The van der Waals surface area contributed by atoms with Gasteiger partial charge in [0.05, 0.1) is 0 Å². The molecule has 84 valence electrons. The first kappa shape index (κ1) is 10.5. The number of hydrogen-bond donors (Lipinski definition) is 1. The number of aromatic nitrogens is 2. The summed E-state index contributed by atoms with van der Waals surface area (Å²) in [6.07, 6.45) is 3.24. The third-order valence-corrected chi connectivity index (χ3v) is 2.46. The van der Waals surface area contributed by atoms with Gasteiger partial charge in [0.25, 0.3) is 5.91 Å². The molecule has 6 nitrogen and oxygen atoms in total. The van der Waals surface area contributed by atoms with E-state index in [9.17, 15) is 9.59 Å². The van der Waals surface area contributed by atoms with Crippen LogP contribution in [-0.2, 0) is 0 Å². The molecule has 2 heterocycles. The molecule has 6 heteroatoms. The lowest BCUT2D eigenvalue weighted by atomic mass is 10.4. The Balaban J connectivity index is 2.22. The van der Waals surface area contributed by atoms with E-state index in [1.54, 1.807) is 4.90 Å². The van der Waals surface area contributed by atoms with Gasteiger partial charge in [-0.2, -0.15) is 0 Å². The second-order valence-corrected chi connectivity index (χ2v) is 3.57. The Morgan fingerprint density at radius 3 is 2.62 bits per heavy atom. The van der Waals surface area contributed by atoms with E-state index in [1.165, 1.54) is 12.3 Å². The van der Waals surface area contributed by atoms with Crippen molar-refractivity contribution in [3.05, 3.63) is 23.8 Å². The number of likely N-dealkylation sites (tertiary alicyclic amines) is 1. The molecule has 1 aliphatic heterocycles. The predicted molar refractivity (Wildman–Crippen MR) is 54.1 cm³/mol. The van der Waals surface area contributed by atoms with Crippen molar-refractivity contribution in [2.75, 3.05) is 13.1 Å². The minimum absolute atomic E-state index is 0.0400. The van der Waals surface area contributed by atoms with Crippen molar-refractivity contribution >= 4 is 11.9 Å². The average molecular weight is 221 g/mol. The van der Waals surface area contributed by atoms with E-state index in [0.717, 1.165) is 12.8 Å². The van der Waals surface area contributed by atoms with E-state index in [1.807, 2.05) is 0 Å². The van der Waals surface area contributed by atoms with Crippen LogP contribution in [0.3, 0.4) is 0 Å². The zero-order chi connectivity index (χ0) is 11.5. The minimum atomic E-state index is -1.15. The van der Waals surface area contributed by atoms with Crippen LogP contribution in [0, 0.1) is 0 Å². The summed E-state index contributed by atoms with van der Waals surface area (Å²) in [6, 6.07) is 1.27. The Bertz CT molecular complexity index is 427. The quantitative estimate of drug-likeness (QED) is 0.782. The number of aromatic carboxylic acids is 1. The fraction of sp³-hybridized carbons (Fsp3) is 0.400. The van der Waals surface area contributed by atoms with Gasteiger partial charge in [0.15, 0.2) is 5.69 Å². The molecule has 0 aromatic carbocycles. The highest BCUT2D eigenvalue weighted by Gasteiger charge is 2.22. The van der Waals surface area contributed by atoms with Gasteiger partial charge in [-0.3, -0.25) is 4.79 Å². The van der Waals surface area contributed by atoms with Crippen LogP contribution in [0.2, 0.25) is 0 Å². The third-order valence-electron chi connectivity index (χ3n) is 2.46. The number of nitrogens with zero attached hydrogens (tertiary/aromatic N) is 3. The molecule has 0 unspecified atom stereocenters. The molecule has 1 aromatic rings. The number of carboxylic acids is 1. The van der Waals surface area contributed by atoms with Gasteiger partial charge in [0.2, 0.25) is 5.82 Å². The summed E-state index contributed by atoms with van der Waals surface area (Å²) < 4.78 is 0. The SMILES string of the molecule is O=C(O)c1ccnc(C(=O)N2CCCC2)n1. The van der Waals surface area contributed by atoms with Gasteiger partial charge in [0, 0.05) is 19.3 Å². The second-order valence-electron chi connectivity index (χ2n) is 3.57. The number of carboxylic acid groups (broad SMARTS) is 1. The molecule has 16 heavy (non-hydrogen) atoms. The molecule has 1 amide bonds. The van der Waals surface area contributed by atoms with Crippen LogP contribution in [0.5, 0.6) is 0 Å². The van der Waals surface area contributed by atoms with Gasteiger partial charge < -0.3 is 10.0 Å². The molecular weight excluding hydrogens is 210 g/mol. The zero-order valence-electron chi connectivity index (χ0n) is 8.59. The first-order valence-corrected chi connectivity index (χ1v) is 5.04. The monoisotopic (exact) mass is 221 g/mol. The number of carbonyl (C=O) groups is 2. The van der Waals surface area contributed by atoms with Gasteiger partial charge in [-0.25, -0.2) is 14.8 Å². The van der Waals surface area contributed by atoms with Crippen LogP contribution < -0.4 is 0 Å². The fourth-order valence-corrected chi connectivity index (χ4v) is 1.64. The van der Waals surface area contributed by atoms with E-state index in [-0.39, 0.29) is 17.4 Å². The van der Waals surface area contributed by atoms with Crippen molar-refractivity contribution in [3.8, 4) is 0 Å². The van der Waals surface area contributed by atoms with Crippen molar-refractivity contribution in [3.63, 3.8) is 0 Å². The van der Waals surface area contributed by atoms with Crippen LogP contribution in [-0.4, -0.2) is 44.9 Å². The summed E-state index contributed by atoms with van der Waals surface area (Å²) in [5.41, 5.74) is -0.155. The van der Waals surface area contributed by atoms with Gasteiger partial charge in [-0.05, 0) is 18.9 Å². The van der Waals surface area contributed by atoms with Crippen molar-refractivity contribution in [1.29, 1.82) is 0 Å². The van der Waals surface area contributed by atoms with Crippen LogP contribution >= 0.6 is 0 Å². The molecule has 0 saturated carbocycles. The molecule has 1 aliphatic rings. The molecular formula is C10H11N3O3. The van der Waals surface area contributed by atoms with Gasteiger partial charge in [0.1, 0.15) is 0 Å². The first-order chi connectivity index (χ1) is 7.68. The molecule has 0 spiro atoms. The summed E-state index contributed by atoms with van der Waals surface area (Å²) in [7, 11) is 0. The van der Waals surface area contributed by atoms with Gasteiger partial charge in [-0.15, -0.1) is 0 Å². The maximum absolute atomic E-state index is 11.8. The van der Waals surface area contributed by atoms with Crippen LogP contribution in [0.15, 0.2) is 12.3 Å². The number of rotatable bonds is 2. The Hall–Kier alpha value is -1.98. The highest BCUT2D eigenvalue weighted by molar-refractivity contribution is 5.92. The summed E-state index contributed by atoms with van der Waals surface area (Å²) in [5, 5.41) is 8.74. The molecule has 0 aliphatic carbocycles. The topological polar surface area (TPSA) is 83.4 Å². The Kier molecular flexibility index (Phi) is 2.80. The number of carbonyl (C=O) groups excluding carboxylic acids is 1. The third kappa shape index (κ3) is 2.00. The summed E-state index contributed by atoms with van der Waals surface area (Å²) in [6.45, 7) is 1.39. The summed E-state index contributed by atoms with van der Waals surface area (Å²) >= 11 is 0. The summed E-state index contributed by atoms with van der Waals surface area (Å²) in [4.78, 5) is 31.7. The highest BCUT2D eigenvalue weighted by atomic mass is 16.4.